The first-order chi connectivity index (χ1) is 17.3. The van der Waals surface area contributed by atoms with E-state index in [1.165, 1.54) is 6.20 Å². The highest BCUT2D eigenvalue weighted by Crippen LogP contribution is 2.46. The number of halogens is 1. The van der Waals surface area contributed by atoms with Crippen molar-refractivity contribution in [1.82, 2.24) is 19.9 Å². The molecule has 1 saturated heterocycles. The zero-order chi connectivity index (χ0) is 25.4. The molecule has 1 aromatic carbocycles. The Balaban J connectivity index is 1.38. The van der Waals surface area contributed by atoms with E-state index < -0.39 is 5.82 Å². The van der Waals surface area contributed by atoms with Crippen molar-refractivity contribution >= 4 is 28.9 Å². The van der Waals surface area contributed by atoms with E-state index in [-0.39, 0.29) is 11.1 Å². The number of likely N-dealkylation sites (N-methyl/N-ethyl adjacent to an activating group) is 1. The minimum absolute atomic E-state index is 0.157. The van der Waals surface area contributed by atoms with Crippen LogP contribution in [0.15, 0.2) is 41.7 Å². The number of nitrogens with one attached hydrogen (secondary N) is 1. The Bertz CT molecular complexity index is 1300. The molecule has 1 N–H and O–H groups in total. The van der Waals surface area contributed by atoms with Crippen LogP contribution in [0.5, 0.6) is 0 Å². The first kappa shape index (κ1) is 24.3. The van der Waals surface area contributed by atoms with Gasteiger partial charge >= 0.3 is 0 Å². The number of aromatic nitrogens is 3. The lowest BCUT2D eigenvalue weighted by atomic mass is 9.76. The predicted molar refractivity (Wildman–Crippen MR) is 144 cm³/mol. The number of hydrogen-bond acceptors (Lipinski definition) is 7. The molecule has 0 radical (unpaired) electrons. The minimum Gasteiger partial charge on any atom is -0.368 e. The largest absolute Gasteiger partial charge is 0.368 e. The molecule has 5 rings (SSSR count). The minimum atomic E-state index is -0.455. The standard InChI is InChI=1S/C28H34FN7/c1-6-28(5)19(4)32-25-18(3)14-20(15-22(25)28)26-23(29)17-31-27(34-26)33-24-9-8-21(16-30-24)36-12-10-35(7-2)11-13-36/h8-9,14-17H,6-7,10-13H2,1-5H3,(H,30,31,33,34). The molecule has 7 nitrogen and oxygen atoms in total. The normalized spacial score (nSPS) is 19.8. The van der Waals surface area contributed by atoms with Crippen LogP contribution >= 0.6 is 0 Å². The van der Waals surface area contributed by atoms with Crippen LogP contribution in [0, 0.1) is 12.7 Å². The quantitative estimate of drug-likeness (QED) is 0.485. The molecule has 1 atom stereocenters. The Labute approximate surface area is 212 Å². The van der Waals surface area contributed by atoms with Gasteiger partial charge in [-0.25, -0.2) is 19.3 Å². The van der Waals surface area contributed by atoms with Gasteiger partial charge in [-0.2, -0.15) is 0 Å². The van der Waals surface area contributed by atoms with Crippen molar-refractivity contribution < 1.29 is 4.39 Å². The number of anilines is 3. The highest BCUT2D eigenvalue weighted by molar-refractivity contribution is 6.01. The molecular weight excluding hydrogens is 453 g/mol. The van der Waals surface area contributed by atoms with E-state index >= 15 is 0 Å². The van der Waals surface area contributed by atoms with Crippen molar-refractivity contribution in [2.45, 2.75) is 46.5 Å². The second-order valence-corrected chi connectivity index (χ2v) is 9.91. The highest BCUT2D eigenvalue weighted by Gasteiger charge is 2.36. The van der Waals surface area contributed by atoms with Gasteiger partial charge < -0.3 is 15.1 Å². The average molecular weight is 488 g/mol. The fourth-order valence-corrected chi connectivity index (χ4v) is 5.13. The summed E-state index contributed by atoms with van der Waals surface area (Å²) in [6.07, 6.45) is 4.01. The molecule has 188 valence electrons. The SMILES string of the molecule is CCN1CCN(c2ccc(Nc3ncc(F)c(-c4cc(C)c5c(c4)C(C)(CC)C(C)=N5)n3)nc2)CC1. The van der Waals surface area contributed by atoms with E-state index in [4.69, 9.17) is 4.99 Å². The highest BCUT2D eigenvalue weighted by atomic mass is 19.1. The zero-order valence-corrected chi connectivity index (χ0v) is 21.8. The molecule has 1 fully saturated rings. The van der Waals surface area contributed by atoms with Crippen molar-refractivity contribution in [1.29, 1.82) is 0 Å². The van der Waals surface area contributed by atoms with Gasteiger partial charge in [0.2, 0.25) is 5.95 Å². The number of aliphatic imine (C=N–C) groups is 1. The molecule has 2 aromatic heterocycles. The van der Waals surface area contributed by atoms with Gasteiger partial charge in [-0.3, -0.25) is 4.99 Å². The van der Waals surface area contributed by atoms with E-state index in [2.05, 4.69) is 63.8 Å². The van der Waals surface area contributed by atoms with Gasteiger partial charge in [-0.15, -0.1) is 0 Å². The van der Waals surface area contributed by atoms with Crippen molar-refractivity contribution in [3.05, 3.63) is 53.6 Å². The molecule has 0 amide bonds. The van der Waals surface area contributed by atoms with Crippen molar-refractivity contribution in [3.63, 3.8) is 0 Å². The molecule has 0 saturated carbocycles. The fourth-order valence-electron chi connectivity index (χ4n) is 5.13. The first-order valence-electron chi connectivity index (χ1n) is 12.8. The lowest BCUT2D eigenvalue weighted by Crippen LogP contribution is -2.46. The van der Waals surface area contributed by atoms with Crippen LogP contribution in [-0.4, -0.2) is 58.3 Å². The summed E-state index contributed by atoms with van der Waals surface area (Å²) in [7, 11) is 0. The third-order valence-electron chi connectivity index (χ3n) is 7.87. The summed E-state index contributed by atoms with van der Waals surface area (Å²) in [6, 6.07) is 7.96. The molecule has 8 heteroatoms. The van der Waals surface area contributed by atoms with Crippen LogP contribution in [0.2, 0.25) is 0 Å². The third kappa shape index (κ3) is 4.34. The molecule has 0 aliphatic carbocycles. The van der Waals surface area contributed by atoms with Crippen LogP contribution in [0.3, 0.4) is 0 Å². The monoisotopic (exact) mass is 487 g/mol. The van der Waals surface area contributed by atoms with Crippen molar-refractivity contribution in [2.24, 2.45) is 4.99 Å². The molecule has 4 heterocycles. The Kier molecular flexibility index (Phi) is 6.47. The van der Waals surface area contributed by atoms with Gasteiger partial charge in [0.1, 0.15) is 11.5 Å². The first-order valence-corrected chi connectivity index (χ1v) is 12.8. The van der Waals surface area contributed by atoms with Gasteiger partial charge in [0.15, 0.2) is 5.82 Å². The molecule has 0 bridgehead atoms. The summed E-state index contributed by atoms with van der Waals surface area (Å²) in [5.41, 5.74) is 6.17. The fraction of sp³-hybridized carbons (Fsp3) is 0.429. The summed E-state index contributed by atoms with van der Waals surface area (Å²) in [5, 5.41) is 3.14. The van der Waals surface area contributed by atoms with E-state index in [0.29, 0.717) is 11.8 Å². The average Bonchev–Trinajstić information content (AvgIpc) is 3.16. The van der Waals surface area contributed by atoms with E-state index in [1.807, 2.05) is 31.3 Å². The summed E-state index contributed by atoms with van der Waals surface area (Å²) in [6.45, 7) is 15.8. The number of aryl methyl sites for hydroxylation is 1. The van der Waals surface area contributed by atoms with Crippen LogP contribution in [0.4, 0.5) is 27.5 Å². The maximum Gasteiger partial charge on any atom is 0.229 e. The van der Waals surface area contributed by atoms with Crippen LogP contribution in [-0.2, 0) is 5.41 Å². The summed E-state index contributed by atoms with van der Waals surface area (Å²) >= 11 is 0. The number of benzene rings is 1. The van der Waals surface area contributed by atoms with Crippen LogP contribution in [0.25, 0.3) is 11.3 Å². The number of nitrogens with zero attached hydrogens (tertiary/aromatic N) is 6. The molecule has 2 aliphatic rings. The maximum atomic E-state index is 14.9. The van der Waals surface area contributed by atoms with Gasteiger partial charge in [0.05, 0.1) is 23.8 Å². The van der Waals surface area contributed by atoms with E-state index in [9.17, 15) is 4.39 Å². The maximum absolute atomic E-state index is 14.9. The number of fused-ring (bicyclic) bond motifs is 1. The van der Waals surface area contributed by atoms with Gasteiger partial charge in [0, 0.05) is 42.9 Å². The number of hydrogen-bond donors (Lipinski definition) is 1. The smallest absolute Gasteiger partial charge is 0.229 e. The van der Waals surface area contributed by atoms with Crippen LogP contribution in [0.1, 0.15) is 45.2 Å². The Morgan fingerprint density at radius 3 is 2.47 bits per heavy atom. The number of pyridine rings is 1. The second-order valence-electron chi connectivity index (χ2n) is 9.91. The molecule has 1 unspecified atom stereocenters. The lowest BCUT2D eigenvalue weighted by molar-refractivity contribution is 0.271. The molecule has 36 heavy (non-hydrogen) atoms. The molecule has 2 aliphatic heterocycles. The number of rotatable bonds is 6. The Morgan fingerprint density at radius 2 is 1.81 bits per heavy atom. The molecular formula is C28H34FN7. The Morgan fingerprint density at radius 1 is 1.03 bits per heavy atom. The lowest BCUT2D eigenvalue weighted by Gasteiger charge is -2.35. The van der Waals surface area contributed by atoms with E-state index in [0.717, 1.165) is 72.9 Å². The Hall–Kier alpha value is -3.39. The van der Waals surface area contributed by atoms with Crippen LogP contribution < -0.4 is 10.2 Å². The van der Waals surface area contributed by atoms with Gasteiger partial charge in [-0.1, -0.05) is 20.8 Å². The number of piperazine rings is 1. The van der Waals surface area contributed by atoms with Crippen molar-refractivity contribution in [2.75, 3.05) is 42.9 Å². The zero-order valence-electron chi connectivity index (χ0n) is 21.8. The predicted octanol–water partition coefficient (Wildman–Crippen LogP) is 5.65. The summed E-state index contributed by atoms with van der Waals surface area (Å²) < 4.78 is 14.9. The molecule has 3 aromatic rings. The van der Waals surface area contributed by atoms with Gasteiger partial charge in [-0.05, 0) is 62.2 Å². The topological polar surface area (TPSA) is 69.5 Å². The van der Waals surface area contributed by atoms with Crippen molar-refractivity contribution in [3.8, 4) is 11.3 Å². The van der Waals surface area contributed by atoms with E-state index in [1.54, 1.807) is 0 Å². The molecule has 0 spiro atoms. The summed E-state index contributed by atoms with van der Waals surface area (Å²) in [4.78, 5) is 22.9. The van der Waals surface area contributed by atoms with Gasteiger partial charge in [0.25, 0.3) is 0 Å². The third-order valence-corrected chi connectivity index (χ3v) is 7.87. The summed E-state index contributed by atoms with van der Waals surface area (Å²) in [5.74, 6) is 0.478. The second kappa shape index (κ2) is 9.58.